The van der Waals surface area contributed by atoms with E-state index in [-0.39, 0.29) is 0 Å². The number of H-pyrrole nitrogens is 1. The van der Waals surface area contributed by atoms with Crippen LogP contribution in [0.25, 0.3) is 0 Å². The lowest BCUT2D eigenvalue weighted by atomic mass is 10.1. The second kappa shape index (κ2) is 7.34. The lowest BCUT2D eigenvalue weighted by Gasteiger charge is -2.11. The number of nitrogens with one attached hydrogen (secondary N) is 3. The summed E-state index contributed by atoms with van der Waals surface area (Å²) in [5.41, 5.74) is 4.43. The molecule has 25 heavy (non-hydrogen) atoms. The Bertz CT molecular complexity index is 853. The van der Waals surface area contributed by atoms with E-state index >= 15 is 0 Å². The fraction of sp³-hybridized carbons (Fsp3) is 0.316. The van der Waals surface area contributed by atoms with Crippen LogP contribution in [0.4, 0.5) is 17.3 Å². The standard InChI is InChI=1S/C19H24N6/c1-12(2)21-16-7-5-6-15(10-16)11-18-20-9-8-17(22-18)23-19-13(3)14(4)24-25-19/h5-10,12,21H,11H2,1-4H3,(H2,20,22,23,24,25). The highest BCUT2D eigenvalue weighted by Gasteiger charge is 2.08. The monoisotopic (exact) mass is 336 g/mol. The van der Waals surface area contributed by atoms with Crippen molar-refractivity contribution in [3.63, 3.8) is 0 Å². The van der Waals surface area contributed by atoms with Crippen LogP contribution in [-0.4, -0.2) is 26.2 Å². The van der Waals surface area contributed by atoms with Crippen LogP contribution in [-0.2, 0) is 6.42 Å². The summed E-state index contributed by atoms with van der Waals surface area (Å²) in [6.07, 6.45) is 2.46. The van der Waals surface area contributed by atoms with Crippen molar-refractivity contribution in [3.05, 3.63) is 59.2 Å². The Morgan fingerprint density at radius 1 is 1.16 bits per heavy atom. The van der Waals surface area contributed by atoms with Crippen LogP contribution in [0.2, 0.25) is 0 Å². The fourth-order valence-corrected chi connectivity index (χ4v) is 2.57. The smallest absolute Gasteiger partial charge is 0.156 e. The highest BCUT2D eigenvalue weighted by atomic mass is 15.2. The van der Waals surface area contributed by atoms with E-state index in [4.69, 9.17) is 0 Å². The predicted molar refractivity (Wildman–Crippen MR) is 101 cm³/mol. The summed E-state index contributed by atoms with van der Waals surface area (Å²) >= 11 is 0. The summed E-state index contributed by atoms with van der Waals surface area (Å²) in [5.74, 6) is 2.32. The van der Waals surface area contributed by atoms with Gasteiger partial charge in [-0.3, -0.25) is 5.10 Å². The molecule has 3 N–H and O–H groups in total. The van der Waals surface area contributed by atoms with Gasteiger partial charge in [-0.15, -0.1) is 0 Å². The second-order valence-electron chi connectivity index (χ2n) is 6.48. The van der Waals surface area contributed by atoms with Crippen LogP contribution >= 0.6 is 0 Å². The Morgan fingerprint density at radius 3 is 2.72 bits per heavy atom. The molecule has 0 atom stereocenters. The Hall–Kier alpha value is -2.89. The number of rotatable bonds is 6. The third-order valence-electron chi connectivity index (χ3n) is 3.95. The van der Waals surface area contributed by atoms with E-state index in [0.717, 1.165) is 34.4 Å². The molecule has 0 aliphatic carbocycles. The van der Waals surface area contributed by atoms with E-state index in [1.165, 1.54) is 5.56 Å². The molecular formula is C19H24N6. The van der Waals surface area contributed by atoms with Gasteiger partial charge in [0.25, 0.3) is 0 Å². The van der Waals surface area contributed by atoms with Crippen LogP contribution < -0.4 is 10.6 Å². The molecule has 2 aromatic heterocycles. The van der Waals surface area contributed by atoms with Gasteiger partial charge in [0.2, 0.25) is 0 Å². The highest BCUT2D eigenvalue weighted by Crippen LogP contribution is 2.19. The van der Waals surface area contributed by atoms with Gasteiger partial charge < -0.3 is 10.6 Å². The van der Waals surface area contributed by atoms with Gasteiger partial charge in [-0.2, -0.15) is 5.10 Å². The lowest BCUT2D eigenvalue weighted by molar-refractivity contribution is 0.898. The lowest BCUT2D eigenvalue weighted by Crippen LogP contribution is -2.09. The summed E-state index contributed by atoms with van der Waals surface area (Å²) in [4.78, 5) is 9.00. The summed E-state index contributed by atoms with van der Waals surface area (Å²) in [7, 11) is 0. The molecule has 6 nitrogen and oxygen atoms in total. The van der Waals surface area contributed by atoms with Crippen LogP contribution in [0.5, 0.6) is 0 Å². The Kier molecular flexibility index (Phi) is 4.97. The topological polar surface area (TPSA) is 78.5 Å². The van der Waals surface area contributed by atoms with Gasteiger partial charge in [0.05, 0.1) is 0 Å². The van der Waals surface area contributed by atoms with Crippen molar-refractivity contribution in [1.29, 1.82) is 0 Å². The number of aryl methyl sites for hydroxylation is 1. The Balaban J connectivity index is 1.74. The van der Waals surface area contributed by atoms with Crippen molar-refractivity contribution in [2.24, 2.45) is 0 Å². The van der Waals surface area contributed by atoms with Gasteiger partial charge in [-0.25, -0.2) is 9.97 Å². The molecule has 0 fully saturated rings. The number of nitrogens with zero attached hydrogens (tertiary/aromatic N) is 3. The van der Waals surface area contributed by atoms with Crippen molar-refractivity contribution in [3.8, 4) is 0 Å². The molecule has 3 rings (SSSR count). The van der Waals surface area contributed by atoms with Crippen LogP contribution in [0.1, 0.15) is 36.5 Å². The van der Waals surface area contributed by atoms with Gasteiger partial charge in [0.1, 0.15) is 11.6 Å². The van der Waals surface area contributed by atoms with Crippen molar-refractivity contribution in [2.75, 3.05) is 10.6 Å². The third-order valence-corrected chi connectivity index (χ3v) is 3.95. The van der Waals surface area contributed by atoms with E-state index < -0.39 is 0 Å². The predicted octanol–water partition coefficient (Wildman–Crippen LogP) is 3.97. The minimum Gasteiger partial charge on any atom is -0.383 e. The average Bonchev–Trinajstić information content (AvgIpc) is 2.87. The summed E-state index contributed by atoms with van der Waals surface area (Å²) in [5, 5.41) is 13.9. The number of hydrogen-bond acceptors (Lipinski definition) is 5. The second-order valence-corrected chi connectivity index (χ2v) is 6.48. The maximum absolute atomic E-state index is 4.61. The zero-order chi connectivity index (χ0) is 17.8. The largest absolute Gasteiger partial charge is 0.383 e. The van der Waals surface area contributed by atoms with Gasteiger partial charge in [0.15, 0.2) is 5.82 Å². The van der Waals surface area contributed by atoms with Crippen LogP contribution in [0, 0.1) is 13.8 Å². The fourth-order valence-electron chi connectivity index (χ4n) is 2.57. The zero-order valence-corrected chi connectivity index (χ0v) is 15.1. The van der Waals surface area contributed by atoms with Gasteiger partial charge >= 0.3 is 0 Å². The normalized spacial score (nSPS) is 10.9. The first-order valence-electron chi connectivity index (χ1n) is 8.47. The Morgan fingerprint density at radius 2 is 2.00 bits per heavy atom. The van der Waals surface area contributed by atoms with Crippen molar-refractivity contribution >= 4 is 17.3 Å². The zero-order valence-electron chi connectivity index (χ0n) is 15.1. The third kappa shape index (κ3) is 4.35. The maximum atomic E-state index is 4.61. The van der Waals surface area contributed by atoms with Crippen molar-refractivity contribution in [1.82, 2.24) is 20.2 Å². The first-order chi connectivity index (χ1) is 12.0. The molecule has 0 spiro atoms. The van der Waals surface area contributed by atoms with Crippen LogP contribution in [0.3, 0.4) is 0 Å². The first kappa shape index (κ1) is 17.0. The SMILES string of the molecule is Cc1[nH]nc(Nc2ccnc(Cc3cccc(NC(C)C)c3)n2)c1C. The molecule has 3 aromatic rings. The van der Waals surface area contributed by atoms with E-state index in [1.54, 1.807) is 6.20 Å². The van der Waals surface area contributed by atoms with Gasteiger partial charge in [-0.1, -0.05) is 12.1 Å². The molecule has 130 valence electrons. The summed E-state index contributed by atoms with van der Waals surface area (Å²) in [6, 6.07) is 10.6. The number of aromatic amines is 1. The minimum atomic E-state index is 0.402. The summed E-state index contributed by atoms with van der Waals surface area (Å²) in [6.45, 7) is 8.28. The molecule has 0 amide bonds. The van der Waals surface area contributed by atoms with Gasteiger partial charge in [0, 0.05) is 35.6 Å². The van der Waals surface area contributed by atoms with E-state index in [1.807, 2.05) is 19.9 Å². The molecule has 0 saturated carbocycles. The maximum Gasteiger partial charge on any atom is 0.156 e. The van der Waals surface area contributed by atoms with Crippen molar-refractivity contribution < 1.29 is 0 Å². The van der Waals surface area contributed by atoms with Crippen LogP contribution in [0.15, 0.2) is 36.5 Å². The Labute approximate surface area is 148 Å². The number of aromatic nitrogens is 4. The van der Waals surface area contributed by atoms with E-state index in [9.17, 15) is 0 Å². The molecule has 0 aliphatic heterocycles. The molecule has 0 bridgehead atoms. The van der Waals surface area contributed by atoms with E-state index in [2.05, 4.69) is 68.9 Å². The first-order valence-corrected chi connectivity index (χ1v) is 8.47. The number of anilines is 3. The van der Waals surface area contributed by atoms with E-state index in [0.29, 0.717) is 12.5 Å². The molecule has 0 unspecified atom stereocenters. The molecular weight excluding hydrogens is 312 g/mol. The molecule has 2 heterocycles. The molecule has 0 aliphatic rings. The highest BCUT2D eigenvalue weighted by molar-refractivity contribution is 5.56. The van der Waals surface area contributed by atoms with Gasteiger partial charge in [-0.05, 0) is 51.5 Å². The molecule has 0 radical (unpaired) electrons. The number of hydrogen-bond donors (Lipinski definition) is 3. The average molecular weight is 336 g/mol. The molecule has 6 heteroatoms. The molecule has 1 aromatic carbocycles. The molecule has 0 saturated heterocycles. The summed E-state index contributed by atoms with van der Waals surface area (Å²) < 4.78 is 0. The quantitative estimate of drug-likeness (QED) is 0.635. The van der Waals surface area contributed by atoms with Crippen molar-refractivity contribution in [2.45, 2.75) is 40.2 Å². The number of benzene rings is 1. The minimum absolute atomic E-state index is 0.402.